The van der Waals surface area contributed by atoms with Gasteiger partial charge in [0.05, 0.1) is 16.7 Å². The van der Waals surface area contributed by atoms with Crippen molar-refractivity contribution in [2.24, 2.45) is 0 Å². The monoisotopic (exact) mass is 300 g/mol. The molecule has 110 valence electrons. The van der Waals surface area contributed by atoms with E-state index in [9.17, 15) is 5.26 Å². The molecule has 2 rings (SSSR count). The van der Waals surface area contributed by atoms with Crippen LogP contribution in [-0.2, 0) is 6.54 Å². The van der Waals surface area contributed by atoms with E-state index in [1.807, 2.05) is 25.1 Å². The van der Waals surface area contributed by atoms with Gasteiger partial charge in [0.1, 0.15) is 11.8 Å². The Morgan fingerprint density at radius 1 is 1.24 bits per heavy atom. The van der Waals surface area contributed by atoms with E-state index in [0.717, 1.165) is 27.7 Å². The molecule has 1 N–H and O–H groups in total. The van der Waals surface area contributed by atoms with Crippen LogP contribution in [0.25, 0.3) is 0 Å². The number of nitrogens with zero attached hydrogens (tertiary/aromatic N) is 1. The summed E-state index contributed by atoms with van der Waals surface area (Å²) in [5.41, 5.74) is 1.89. The molecule has 0 saturated heterocycles. The highest BCUT2D eigenvalue weighted by molar-refractivity contribution is 7.99. The smallest absolute Gasteiger partial charge is 0.114 e. The van der Waals surface area contributed by atoms with E-state index in [-0.39, 0.29) is 5.54 Å². The number of nitrogens with one attached hydrogen (secondary N) is 1. The molecule has 4 heteroatoms. The highest BCUT2D eigenvalue weighted by Gasteiger charge is 2.11. The molecule has 21 heavy (non-hydrogen) atoms. The van der Waals surface area contributed by atoms with Crippen LogP contribution in [0.4, 0.5) is 0 Å². The molecule has 0 aliphatic carbocycles. The van der Waals surface area contributed by atoms with E-state index >= 15 is 0 Å². The summed E-state index contributed by atoms with van der Waals surface area (Å²) in [5.74, 6) is 0.877. The Hall–Kier alpha value is -1.70. The van der Waals surface area contributed by atoms with Crippen molar-refractivity contribution in [1.29, 1.82) is 5.26 Å². The minimum Gasteiger partial charge on any atom is -0.468 e. The highest BCUT2D eigenvalue weighted by Crippen LogP contribution is 2.33. The topological polar surface area (TPSA) is 49.0 Å². The van der Waals surface area contributed by atoms with Gasteiger partial charge in [-0.05, 0) is 51.5 Å². The average Bonchev–Trinajstić information content (AvgIpc) is 2.82. The molecule has 2 aromatic rings. The number of hydrogen-bond donors (Lipinski definition) is 1. The van der Waals surface area contributed by atoms with Crippen LogP contribution in [0.3, 0.4) is 0 Å². The van der Waals surface area contributed by atoms with Gasteiger partial charge in [-0.25, -0.2) is 0 Å². The van der Waals surface area contributed by atoms with Gasteiger partial charge < -0.3 is 9.73 Å². The van der Waals surface area contributed by atoms with Gasteiger partial charge in [-0.3, -0.25) is 0 Å². The number of benzene rings is 1. The lowest BCUT2D eigenvalue weighted by atomic mass is 10.1. The fraction of sp³-hybridized carbons (Fsp3) is 0.353. The lowest BCUT2D eigenvalue weighted by molar-refractivity contribution is 0.424. The SMILES string of the molecule is Cc1occc1Sc1ccc(CNC(C)(C)C)cc1C#N. The van der Waals surface area contributed by atoms with Crippen LogP contribution >= 0.6 is 11.8 Å². The van der Waals surface area contributed by atoms with Crippen LogP contribution < -0.4 is 5.32 Å². The molecule has 0 aliphatic rings. The fourth-order valence-electron chi connectivity index (χ4n) is 1.83. The van der Waals surface area contributed by atoms with Crippen LogP contribution in [0.1, 0.15) is 37.7 Å². The van der Waals surface area contributed by atoms with Gasteiger partial charge in [-0.1, -0.05) is 17.8 Å². The molecule has 0 aliphatic heterocycles. The quantitative estimate of drug-likeness (QED) is 0.903. The summed E-state index contributed by atoms with van der Waals surface area (Å²) in [6.45, 7) is 9.07. The normalized spacial score (nSPS) is 11.4. The third-order valence-corrected chi connectivity index (χ3v) is 4.24. The number of nitriles is 1. The summed E-state index contributed by atoms with van der Waals surface area (Å²) in [5, 5.41) is 12.8. The molecule has 0 spiro atoms. The predicted molar refractivity (Wildman–Crippen MR) is 85.3 cm³/mol. The maximum atomic E-state index is 9.36. The average molecular weight is 300 g/mol. The molecular formula is C17H20N2OS. The highest BCUT2D eigenvalue weighted by atomic mass is 32.2. The molecule has 0 saturated carbocycles. The van der Waals surface area contributed by atoms with Crippen molar-refractivity contribution >= 4 is 11.8 Å². The first-order chi connectivity index (χ1) is 9.89. The van der Waals surface area contributed by atoms with E-state index in [1.165, 1.54) is 0 Å². The first-order valence-electron chi connectivity index (χ1n) is 6.89. The van der Waals surface area contributed by atoms with E-state index in [4.69, 9.17) is 4.42 Å². The largest absolute Gasteiger partial charge is 0.468 e. The molecule has 1 aromatic carbocycles. The van der Waals surface area contributed by atoms with Gasteiger partial charge in [0, 0.05) is 17.0 Å². The molecular weight excluding hydrogens is 280 g/mol. The van der Waals surface area contributed by atoms with Crippen LogP contribution in [-0.4, -0.2) is 5.54 Å². The molecule has 0 unspecified atom stereocenters. The summed E-state index contributed by atoms with van der Waals surface area (Å²) in [7, 11) is 0. The van der Waals surface area contributed by atoms with Crippen LogP contribution in [0.15, 0.2) is 44.7 Å². The summed E-state index contributed by atoms with van der Waals surface area (Å²) in [6, 6.07) is 10.2. The zero-order valence-electron chi connectivity index (χ0n) is 12.9. The number of aryl methyl sites for hydroxylation is 1. The van der Waals surface area contributed by atoms with Crippen molar-refractivity contribution in [2.75, 3.05) is 0 Å². The molecule has 0 fully saturated rings. The van der Waals surface area contributed by atoms with Gasteiger partial charge in [-0.15, -0.1) is 0 Å². The minimum absolute atomic E-state index is 0.0636. The Morgan fingerprint density at radius 3 is 2.57 bits per heavy atom. The fourth-order valence-corrected chi connectivity index (χ4v) is 2.73. The van der Waals surface area contributed by atoms with Crippen molar-refractivity contribution < 1.29 is 4.42 Å². The minimum atomic E-state index is 0.0636. The lowest BCUT2D eigenvalue weighted by Gasteiger charge is -2.20. The Kier molecular flexibility index (Phi) is 4.76. The first kappa shape index (κ1) is 15.7. The van der Waals surface area contributed by atoms with Gasteiger partial charge in [0.25, 0.3) is 0 Å². The van der Waals surface area contributed by atoms with Crippen molar-refractivity contribution in [2.45, 2.75) is 49.6 Å². The van der Waals surface area contributed by atoms with Crippen molar-refractivity contribution in [3.63, 3.8) is 0 Å². The summed E-state index contributed by atoms with van der Waals surface area (Å²) in [6.07, 6.45) is 1.67. The van der Waals surface area contributed by atoms with Gasteiger partial charge >= 0.3 is 0 Å². The zero-order chi connectivity index (χ0) is 15.5. The number of hydrogen-bond acceptors (Lipinski definition) is 4. The molecule has 0 bridgehead atoms. The zero-order valence-corrected chi connectivity index (χ0v) is 13.7. The predicted octanol–water partition coefficient (Wildman–Crippen LogP) is 4.50. The van der Waals surface area contributed by atoms with Crippen LogP contribution in [0.5, 0.6) is 0 Å². The molecule has 3 nitrogen and oxygen atoms in total. The Bertz CT molecular complexity index is 662. The van der Waals surface area contributed by atoms with Crippen LogP contribution in [0.2, 0.25) is 0 Å². The van der Waals surface area contributed by atoms with Gasteiger partial charge in [-0.2, -0.15) is 5.26 Å². The molecule has 0 amide bonds. The summed E-state index contributed by atoms with van der Waals surface area (Å²) in [4.78, 5) is 2.01. The summed E-state index contributed by atoms with van der Waals surface area (Å²) < 4.78 is 5.30. The number of furan rings is 1. The maximum absolute atomic E-state index is 9.36. The second kappa shape index (κ2) is 6.38. The Balaban J connectivity index is 2.17. The van der Waals surface area contributed by atoms with Crippen LogP contribution in [0, 0.1) is 18.3 Å². The summed E-state index contributed by atoms with van der Waals surface area (Å²) >= 11 is 1.57. The standard InChI is InChI=1S/C17H20N2OS/c1-12-15(7-8-20-12)21-16-6-5-13(9-14(16)10-18)11-19-17(2,3)4/h5-9,19H,11H2,1-4H3. The Labute approximate surface area is 130 Å². The third kappa shape index (κ3) is 4.38. The van der Waals surface area contributed by atoms with E-state index < -0.39 is 0 Å². The second-order valence-electron chi connectivity index (χ2n) is 5.99. The van der Waals surface area contributed by atoms with E-state index in [2.05, 4.69) is 38.2 Å². The van der Waals surface area contributed by atoms with E-state index in [0.29, 0.717) is 5.56 Å². The van der Waals surface area contributed by atoms with Gasteiger partial charge in [0.2, 0.25) is 0 Å². The lowest BCUT2D eigenvalue weighted by Crippen LogP contribution is -2.35. The van der Waals surface area contributed by atoms with Crippen molar-refractivity contribution in [3.8, 4) is 6.07 Å². The van der Waals surface area contributed by atoms with Crippen molar-refractivity contribution in [3.05, 3.63) is 47.4 Å². The maximum Gasteiger partial charge on any atom is 0.114 e. The molecule has 0 atom stereocenters. The van der Waals surface area contributed by atoms with E-state index in [1.54, 1.807) is 18.0 Å². The number of rotatable bonds is 4. The first-order valence-corrected chi connectivity index (χ1v) is 7.71. The van der Waals surface area contributed by atoms with Crippen molar-refractivity contribution in [1.82, 2.24) is 5.32 Å². The third-order valence-electron chi connectivity index (χ3n) is 3.02. The molecule has 1 heterocycles. The van der Waals surface area contributed by atoms with Gasteiger partial charge in [0.15, 0.2) is 0 Å². The molecule has 1 aromatic heterocycles. The Morgan fingerprint density at radius 2 is 2.00 bits per heavy atom. The molecule has 0 radical (unpaired) electrons. The second-order valence-corrected chi connectivity index (χ2v) is 7.07.